The standard InChI is InChI=1S/C25H20FN3O5/c1-2-15-6-8-16(9-7-15)22-21-23(34-28(22)19-4-3-5-20(14-19)29(32)33)25(31)27(24(21)30)18-12-10-17(26)11-13-18/h3-14,21-23H,2H2,1H3/t21-,22-,23-/m0/s1. The number of fused-ring (bicyclic) bond motifs is 1. The van der Waals surface area contributed by atoms with Crippen molar-refractivity contribution in [3.63, 3.8) is 0 Å². The first kappa shape index (κ1) is 21.7. The highest BCUT2D eigenvalue weighted by Gasteiger charge is 2.60. The monoisotopic (exact) mass is 461 g/mol. The molecule has 2 heterocycles. The van der Waals surface area contributed by atoms with E-state index in [0.717, 1.165) is 22.4 Å². The molecule has 0 saturated carbocycles. The predicted molar refractivity (Wildman–Crippen MR) is 121 cm³/mol. The number of hydrogen-bond donors (Lipinski definition) is 0. The summed E-state index contributed by atoms with van der Waals surface area (Å²) in [6.07, 6.45) is -0.287. The lowest BCUT2D eigenvalue weighted by atomic mass is 9.90. The first-order valence-electron chi connectivity index (χ1n) is 10.8. The summed E-state index contributed by atoms with van der Waals surface area (Å²) in [5.74, 6) is -2.40. The Bertz CT molecular complexity index is 1280. The Kier molecular flexibility index (Phi) is 5.33. The van der Waals surface area contributed by atoms with E-state index in [1.54, 1.807) is 6.07 Å². The molecule has 2 amide bonds. The van der Waals surface area contributed by atoms with Gasteiger partial charge in [-0.3, -0.25) is 24.5 Å². The summed E-state index contributed by atoms with van der Waals surface area (Å²) in [6, 6.07) is 17.9. The van der Waals surface area contributed by atoms with E-state index in [2.05, 4.69) is 0 Å². The molecule has 34 heavy (non-hydrogen) atoms. The van der Waals surface area contributed by atoms with Crippen LogP contribution in [0.1, 0.15) is 24.1 Å². The molecule has 8 nitrogen and oxygen atoms in total. The third-order valence-electron chi connectivity index (χ3n) is 6.22. The highest BCUT2D eigenvalue weighted by molar-refractivity contribution is 6.23. The number of rotatable bonds is 5. The molecule has 0 aromatic heterocycles. The Hall–Kier alpha value is -4.11. The van der Waals surface area contributed by atoms with Crippen LogP contribution in [-0.4, -0.2) is 22.8 Å². The van der Waals surface area contributed by atoms with Gasteiger partial charge in [-0.2, -0.15) is 0 Å². The highest BCUT2D eigenvalue weighted by Crippen LogP contribution is 2.48. The van der Waals surface area contributed by atoms with E-state index < -0.39 is 40.6 Å². The molecule has 3 aromatic rings. The number of nitrogens with zero attached hydrogens (tertiary/aromatic N) is 3. The fraction of sp³-hybridized carbons (Fsp3) is 0.200. The molecular weight excluding hydrogens is 441 g/mol. The highest BCUT2D eigenvalue weighted by atomic mass is 19.1. The van der Waals surface area contributed by atoms with Crippen LogP contribution in [0, 0.1) is 21.8 Å². The van der Waals surface area contributed by atoms with Crippen LogP contribution in [-0.2, 0) is 20.8 Å². The fourth-order valence-corrected chi connectivity index (χ4v) is 4.52. The molecule has 0 bridgehead atoms. The molecule has 2 aliphatic rings. The molecule has 0 aliphatic carbocycles. The van der Waals surface area contributed by atoms with Gasteiger partial charge in [0.25, 0.3) is 11.6 Å². The van der Waals surface area contributed by atoms with Crippen molar-refractivity contribution in [3.8, 4) is 0 Å². The molecular formula is C25H20FN3O5. The van der Waals surface area contributed by atoms with E-state index in [1.165, 1.54) is 47.5 Å². The van der Waals surface area contributed by atoms with Crippen molar-refractivity contribution in [2.75, 3.05) is 9.96 Å². The zero-order valence-corrected chi connectivity index (χ0v) is 18.1. The minimum atomic E-state index is -1.12. The topological polar surface area (TPSA) is 93.0 Å². The number of hydroxylamine groups is 1. The number of halogens is 1. The summed E-state index contributed by atoms with van der Waals surface area (Å²) in [5, 5.41) is 12.7. The number of hydrogen-bond acceptors (Lipinski definition) is 6. The number of amides is 2. The van der Waals surface area contributed by atoms with Crippen molar-refractivity contribution in [1.82, 2.24) is 0 Å². The lowest BCUT2D eigenvalue weighted by Crippen LogP contribution is -2.37. The third-order valence-corrected chi connectivity index (χ3v) is 6.22. The number of carbonyl (C=O) groups excluding carboxylic acids is 2. The van der Waals surface area contributed by atoms with Gasteiger partial charge < -0.3 is 0 Å². The van der Waals surface area contributed by atoms with Gasteiger partial charge in [-0.25, -0.2) is 14.4 Å². The zero-order chi connectivity index (χ0) is 24.0. The number of benzene rings is 3. The molecule has 0 radical (unpaired) electrons. The van der Waals surface area contributed by atoms with Gasteiger partial charge in [-0.1, -0.05) is 37.3 Å². The minimum absolute atomic E-state index is 0.135. The van der Waals surface area contributed by atoms with Crippen molar-refractivity contribution in [2.24, 2.45) is 5.92 Å². The second-order valence-corrected chi connectivity index (χ2v) is 8.18. The molecule has 0 spiro atoms. The molecule has 2 aliphatic heterocycles. The fourth-order valence-electron chi connectivity index (χ4n) is 4.52. The summed E-state index contributed by atoms with van der Waals surface area (Å²) in [4.78, 5) is 44.6. The summed E-state index contributed by atoms with van der Waals surface area (Å²) >= 11 is 0. The minimum Gasteiger partial charge on any atom is -0.273 e. The molecule has 0 unspecified atom stereocenters. The van der Waals surface area contributed by atoms with Gasteiger partial charge in [-0.05, 0) is 47.9 Å². The maximum absolute atomic E-state index is 13.5. The first-order chi connectivity index (χ1) is 16.4. The molecule has 2 saturated heterocycles. The summed E-state index contributed by atoms with van der Waals surface area (Å²) in [6.45, 7) is 2.03. The Balaban J connectivity index is 1.58. The lowest BCUT2D eigenvalue weighted by molar-refractivity contribution is -0.384. The Morgan fingerprint density at radius 1 is 0.971 bits per heavy atom. The Morgan fingerprint density at radius 3 is 2.32 bits per heavy atom. The van der Waals surface area contributed by atoms with Crippen molar-refractivity contribution < 1.29 is 23.7 Å². The SMILES string of the molecule is CCc1ccc([C@H]2[C@@H]3C(=O)N(c4ccc(F)cc4)C(=O)[C@H]3ON2c2cccc([N+](=O)[O-])c2)cc1. The van der Waals surface area contributed by atoms with Crippen molar-refractivity contribution in [2.45, 2.75) is 25.5 Å². The molecule has 0 N–H and O–H groups in total. The number of imide groups is 1. The van der Waals surface area contributed by atoms with E-state index in [-0.39, 0.29) is 11.4 Å². The summed E-state index contributed by atoms with van der Waals surface area (Å²) in [7, 11) is 0. The number of nitro benzene ring substituents is 1. The van der Waals surface area contributed by atoms with Gasteiger partial charge in [0.2, 0.25) is 5.91 Å². The number of anilines is 2. The van der Waals surface area contributed by atoms with Crippen LogP contribution >= 0.6 is 0 Å². The van der Waals surface area contributed by atoms with Crippen LogP contribution in [0.3, 0.4) is 0 Å². The van der Waals surface area contributed by atoms with Gasteiger partial charge in [0.1, 0.15) is 11.7 Å². The second-order valence-electron chi connectivity index (χ2n) is 8.18. The van der Waals surface area contributed by atoms with Gasteiger partial charge in [0.15, 0.2) is 6.10 Å². The summed E-state index contributed by atoms with van der Waals surface area (Å²) in [5.41, 5.74) is 2.32. The normalized spacial score (nSPS) is 21.8. The van der Waals surface area contributed by atoms with Gasteiger partial charge >= 0.3 is 0 Å². The van der Waals surface area contributed by atoms with E-state index in [1.807, 2.05) is 31.2 Å². The third kappa shape index (κ3) is 3.50. The van der Waals surface area contributed by atoms with Crippen LogP contribution in [0.4, 0.5) is 21.5 Å². The lowest BCUT2D eigenvalue weighted by Gasteiger charge is -2.28. The van der Waals surface area contributed by atoms with E-state index in [0.29, 0.717) is 5.69 Å². The average Bonchev–Trinajstić information content (AvgIpc) is 3.36. The molecule has 172 valence electrons. The van der Waals surface area contributed by atoms with Crippen molar-refractivity contribution in [1.29, 1.82) is 0 Å². The van der Waals surface area contributed by atoms with Crippen molar-refractivity contribution >= 4 is 28.9 Å². The van der Waals surface area contributed by atoms with Crippen LogP contribution in [0.2, 0.25) is 0 Å². The quantitative estimate of drug-likeness (QED) is 0.319. The van der Waals surface area contributed by atoms with Crippen LogP contribution in [0.15, 0.2) is 72.8 Å². The average molecular weight is 461 g/mol. The van der Waals surface area contributed by atoms with E-state index >= 15 is 0 Å². The zero-order valence-electron chi connectivity index (χ0n) is 18.1. The van der Waals surface area contributed by atoms with E-state index in [4.69, 9.17) is 4.84 Å². The maximum atomic E-state index is 13.5. The molecule has 3 atom stereocenters. The van der Waals surface area contributed by atoms with Gasteiger partial charge in [-0.15, -0.1) is 0 Å². The summed E-state index contributed by atoms with van der Waals surface area (Å²) < 4.78 is 13.4. The molecule has 9 heteroatoms. The van der Waals surface area contributed by atoms with Crippen LogP contribution in [0.25, 0.3) is 0 Å². The van der Waals surface area contributed by atoms with Gasteiger partial charge in [0.05, 0.1) is 22.3 Å². The number of nitro groups is 1. The predicted octanol–water partition coefficient (Wildman–Crippen LogP) is 4.35. The molecule has 2 fully saturated rings. The number of carbonyl (C=O) groups is 2. The van der Waals surface area contributed by atoms with Gasteiger partial charge in [0, 0.05) is 12.1 Å². The first-order valence-corrected chi connectivity index (χ1v) is 10.8. The maximum Gasteiger partial charge on any atom is 0.271 e. The number of aryl methyl sites for hydroxylation is 1. The van der Waals surface area contributed by atoms with Crippen LogP contribution < -0.4 is 9.96 Å². The number of non-ortho nitro benzene ring substituents is 1. The van der Waals surface area contributed by atoms with Crippen LogP contribution in [0.5, 0.6) is 0 Å². The van der Waals surface area contributed by atoms with E-state index in [9.17, 15) is 24.1 Å². The largest absolute Gasteiger partial charge is 0.273 e. The second kappa shape index (κ2) is 8.35. The Labute approximate surface area is 194 Å². The molecule has 3 aromatic carbocycles. The van der Waals surface area contributed by atoms with Crippen molar-refractivity contribution in [3.05, 3.63) is 99.9 Å². The Morgan fingerprint density at radius 2 is 1.68 bits per heavy atom. The smallest absolute Gasteiger partial charge is 0.271 e. The molecule has 5 rings (SSSR count).